The zero-order valence-corrected chi connectivity index (χ0v) is 12.9. The van der Waals surface area contributed by atoms with Crippen molar-refractivity contribution in [2.24, 2.45) is 0 Å². The molecular formula is C19H25N. The van der Waals surface area contributed by atoms with Gasteiger partial charge in [-0.3, -0.25) is 0 Å². The molecule has 0 aromatic heterocycles. The van der Waals surface area contributed by atoms with Crippen LogP contribution in [0.4, 0.5) is 0 Å². The van der Waals surface area contributed by atoms with Crippen LogP contribution in [0.25, 0.3) is 10.8 Å². The third kappa shape index (κ3) is 2.73. The van der Waals surface area contributed by atoms with E-state index < -0.39 is 0 Å². The normalized spacial score (nSPS) is 15.8. The lowest BCUT2D eigenvalue weighted by molar-refractivity contribution is 0.459. The summed E-state index contributed by atoms with van der Waals surface area (Å²) < 4.78 is 0. The highest BCUT2D eigenvalue weighted by Gasteiger charge is 2.25. The van der Waals surface area contributed by atoms with Crippen molar-refractivity contribution in [1.29, 1.82) is 0 Å². The monoisotopic (exact) mass is 267 g/mol. The molecular weight excluding hydrogens is 242 g/mol. The minimum atomic E-state index is 0.217. The van der Waals surface area contributed by atoms with Crippen molar-refractivity contribution >= 4 is 10.8 Å². The molecule has 1 aliphatic carbocycles. The lowest BCUT2D eigenvalue weighted by Gasteiger charge is -2.27. The number of benzene rings is 2. The molecule has 0 heterocycles. The number of aryl methyl sites for hydroxylation is 1. The summed E-state index contributed by atoms with van der Waals surface area (Å²) in [6, 6.07) is 14.2. The summed E-state index contributed by atoms with van der Waals surface area (Å²) in [5.41, 5.74) is 3.07. The van der Waals surface area contributed by atoms with Crippen LogP contribution in [-0.2, 0) is 5.41 Å². The fourth-order valence-electron chi connectivity index (χ4n) is 3.05. The van der Waals surface area contributed by atoms with Gasteiger partial charge in [-0.05, 0) is 60.0 Å². The van der Waals surface area contributed by atoms with Crippen molar-refractivity contribution in [1.82, 2.24) is 5.32 Å². The van der Waals surface area contributed by atoms with Gasteiger partial charge in [0.15, 0.2) is 0 Å². The van der Waals surface area contributed by atoms with E-state index in [4.69, 9.17) is 0 Å². The largest absolute Gasteiger partial charge is 0.314 e. The molecule has 0 atom stereocenters. The molecule has 0 spiro atoms. The van der Waals surface area contributed by atoms with Crippen molar-refractivity contribution < 1.29 is 0 Å². The smallest absolute Gasteiger partial charge is 0.00682 e. The summed E-state index contributed by atoms with van der Waals surface area (Å²) in [6.07, 6.45) is 3.93. The molecule has 1 fully saturated rings. The molecule has 2 aromatic carbocycles. The van der Waals surface area contributed by atoms with Gasteiger partial charge in [-0.25, -0.2) is 0 Å². The highest BCUT2D eigenvalue weighted by Crippen LogP contribution is 2.34. The Balaban J connectivity index is 1.89. The Morgan fingerprint density at radius 2 is 1.75 bits per heavy atom. The predicted octanol–water partition coefficient (Wildman–Crippen LogP) is 4.57. The predicted molar refractivity (Wildman–Crippen MR) is 87.4 cm³/mol. The van der Waals surface area contributed by atoms with E-state index in [0.717, 1.165) is 12.6 Å². The van der Waals surface area contributed by atoms with Gasteiger partial charge in [0.1, 0.15) is 0 Å². The Morgan fingerprint density at radius 1 is 1.05 bits per heavy atom. The Labute approximate surface area is 122 Å². The summed E-state index contributed by atoms with van der Waals surface area (Å²) in [7, 11) is 0. The lowest BCUT2D eigenvalue weighted by atomic mass is 9.78. The van der Waals surface area contributed by atoms with E-state index >= 15 is 0 Å². The van der Waals surface area contributed by atoms with Crippen LogP contribution < -0.4 is 5.32 Å². The van der Waals surface area contributed by atoms with Gasteiger partial charge < -0.3 is 5.32 Å². The molecule has 1 N–H and O–H groups in total. The first-order valence-corrected chi connectivity index (χ1v) is 7.80. The summed E-state index contributed by atoms with van der Waals surface area (Å²) in [5, 5.41) is 6.46. The van der Waals surface area contributed by atoms with E-state index in [-0.39, 0.29) is 5.41 Å². The van der Waals surface area contributed by atoms with Crippen molar-refractivity contribution in [3.63, 3.8) is 0 Å². The fourth-order valence-corrected chi connectivity index (χ4v) is 3.05. The van der Waals surface area contributed by atoms with Crippen molar-refractivity contribution in [2.75, 3.05) is 6.54 Å². The van der Waals surface area contributed by atoms with Crippen molar-refractivity contribution in [3.8, 4) is 0 Å². The Kier molecular flexibility index (Phi) is 3.55. The van der Waals surface area contributed by atoms with Crippen molar-refractivity contribution in [3.05, 3.63) is 47.5 Å². The average Bonchev–Trinajstić information content (AvgIpc) is 3.23. The van der Waals surface area contributed by atoms with Gasteiger partial charge in [0, 0.05) is 6.04 Å². The molecule has 0 amide bonds. The van der Waals surface area contributed by atoms with Gasteiger partial charge in [0.25, 0.3) is 0 Å². The first-order valence-electron chi connectivity index (χ1n) is 7.80. The van der Waals surface area contributed by atoms with E-state index in [1.807, 2.05) is 0 Å². The van der Waals surface area contributed by atoms with Gasteiger partial charge in [0.05, 0.1) is 0 Å². The molecule has 20 heavy (non-hydrogen) atoms. The SMILES string of the molecule is Cc1ccc(C(C)(C)CCNC2CC2)c2ccccc12. The van der Waals surface area contributed by atoms with Crippen LogP contribution in [-0.4, -0.2) is 12.6 Å². The molecule has 2 aromatic rings. The zero-order valence-electron chi connectivity index (χ0n) is 12.9. The molecule has 0 bridgehead atoms. The van der Waals surface area contributed by atoms with Gasteiger partial charge in [-0.15, -0.1) is 0 Å². The second kappa shape index (κ2) is 5.21. The topological polar surface area (TPSA) is 12.0 Å². The van der Waals surface area contributed by atoms with Crippen LogP contribution in [0.15, 0.2) is 36.4 Å². The van der Waals surface area contributed by atoms with Crippen LogP contribution in [0.2, 0.25) is 0 Å². The third-order valence-electron chi connectivity index (χ3n) is 4.63. The maximum Gasteiger partial charge on any atom is 0.00682 e. The zero-order chi connectivity index (χ0) is 14.2. The number of hydrogen-bond donors (Lipinski definition) is 1. The molecule has 0 unspecified atom stereocenters. The minimum Gasteiger partial charge on any atom is -0.314 e. The maximum atomic E-state index is 3.64. The first-order chi connectivity index (χ1) is 9.58. The summed E-state index contributed by atoms with van der Waals surface area (Å²) >= 11 is 0. The van der Waals surface area contributed by atoms with E-state index in [1.165, 1.54) is 41.2 Å². The summed E-state index contributed by atoms with van der Waals surface area (Å²) in [5.74, 6) is 0. The second-order valence-electron chi connectivity index (χ2n) is 6.84. The van der Waals surface area contributed by atoms with Crippen LogP contribution in [0, 0.1) is 6.92 Å². The van der Waals surface area contributed by atoms with E-state index in [1.54, 1.807) is 0 Å². The number of rotatable bonds is 5. The highest BCUT2D eigenvalue weighted by atomic mass is 14.9. The molecule has 0 radical (unpaired) electrons. The van der Waals surface area contributed by atoms with Gasteiger partial charge in [-0.2, -0.15) is 0 Å². The Bertz CT molecular complexity index is 608. The van der Waals surface area contributed by atoms with Crippen LogP contribution in [0.3, 0.4) is 0 Å². The second-order valence-corrected chi connectivity index (χ2v) is 6.84. The molecule has 1 nitrogen and oxygen atoms in total. The molecule has 106 valence electrons. The lowest BCUT2D eigenvalue weighted by Crippen LogP contribution is -2.26. The van der Waals surface area contributed by atoms with Crippen LogP contribution >= 0.6 is 0 Å². The third-order valence-corrected chi connectivity index (χ3v) is 4.63. The Hall–Kier alpha value is -1.34. The molecule has 0 saturated heterocycles. The van der Waals surface area contributed by atoms with Gasteiger partial charge in [-0.1, -0.05) is 50.2 Å². The van der Waals surface area contributed by atoms with Crippen molar-refractivity contribution in [2.45, 2.75) is 51.5 Å². The molecule has 1 aliphatic rings. The van der Waals surface area contributed by atoms with E-state index in [0.29, 0.717) is 0 Å². The van der Waals surface area contributed by atoms with Gasteiger partial charge in [0.2, 0.25) is 0 Å². The first kappa shape index (κ1) is 13.6. The quantitative estimate of drug-likeness (QED) is 0.837. The summed E-state index contributed by atoms with van der Waals surface area (Å²) in [6.45, 7) is 8.07. The van der Waals surface area contributed by atoms with Crippen LogP contribution in [0.5, 0.6) is 0 Å². The van der Waals surface area contributed by atoms with Gasteiger partial charge >= 0.3 is 0 Å². The number of nitrogens with one attached hydrogen (secondary N) is 1. The van der Waals surface area contributed by atoms with E-state index in [9.17, 15) is 0 Å². The number of fused-ring (bicyclic) bond motifs is 1. The standard InChI is InChI=1S/C19H25N/c1-14-8-11-18(17-7-5-4-6-16(14)17)19(2,3)12-13-20-15-9-10-15/h4-8,11,15,20H,9-10,12-13H2,1-3H3. The van der Waals surface area contributed by atoms with Crippen LogP contribution in [0.1, 0.15) is 44.2 Å². The minimum absolute atomic E-state index is 0.217. The summed E-state index contributed by atoms with van der Waals surface area (Å²) in [4.78, 5) is 0. The average molecular weight is 267 g/mol. The molecule has 3 rings (SSSR count). The Morgan fingerprint density at radius 3 is 2.45 bits per heavy atom. The molecule has 0 aliphatic heterocycles. The molecule has 1 heteroatoms. The highest BCUT2D eigenvalue weighted by molar-refractivity contribution is 5.89. The maximum absolute atomic E-state index is 3.64. The fraction of sp³-hybridized carbons (Fsp3) is 0.474. The molecule has 1 saturated carbocycles. The van der Waals surface area contributed by atoms with E-state index in [2.05, 4.69) is 62.5 Å². The number of hydrogen-bond acceptors (Lipinski definition) is 1.